The third-order valence-corrected chi connectivity index (χ3v) is 2.10. The summed E-state index contributed by atoms with van der Waals surface area (Å²) in [6, 6.07) is 2.69. The molecule has 0 atom stereocenters. The van der Waals surface area contributed by atoms with Crippen LogP contribution in [0.3, 0.4) is 0 Å². The van der Waals surface area contributed by atoms with Crippen LogP contribution in [-0.4, -0.2) is 10.2 Å². The van der Waals surface area contributed by atoms with Gasteiger partial charge in [0.15, 0.2) is 0 Å². The van der Waals surface area contributed by atoms with E-state index in [1.807, 2.05) is 0 Å². The van der Waals surface area contributed by atoms with Gasteiger partial charge in [-0.3, -0.25) is 0 Å². The molecule has 4 heteroatoms. The van der Waals surface area contributed by atoms with Gasteiger partial charge in [-0.1, -0.05) is 23.2 Å². The van der Waals surface area contributed by atoms with Crippen molar-refractivity contribution >= 4 is 23.2 Å². The second kappa shape index (κ2) is 3.30. The second-order valence-electron chi connectivity index (χ2n) is 2.06. The Morgan fingerprint density at radius 1 is 1.27 bits per heavy atom. The molecule has 0 fully saturated rings. The topological polar surface area (TPSA) is 40.5 Å². The molecular weight excluding hydrogens is 187 g/mol. The van der Waals surface area contributed by atoms with Gasteiger partial charge < -0.3 is 10.2 Å². The molecule has 0 aromatic heterocycles. The molecule has 0 amide bonds. The minimum absolute atomic E-state index is 0.00319. The summed E-state index contributed by atoms with van der Waals surface area (Å²) in [5.74, 6) is 0.00319. The first kappa shape index (κ1) is 8.65. The Labute approximate surface area is 74.0 Å². The number of aromatic hydroxyl groups is 1. The molecule has 0 saturated heterocycles. The monoisotopic (exact) mass is 192 g/mol. The van der Waals surface area contributed by atoms with Gasteiger partial charge in [0.1, 0.15) is 5.75 Å². The van der Waals surface area contributed by atoms with Crippen molar-refractivity contribution < 1.29 is 10.2 Å². The third-order valence-electron chi connectivity index (χ3n) is 1.26. The summed E-state index contributed by atoms with van der Waals surface area (Å²) in [5.41, 5.74) is 0.427. The third kappa shape index (κ3) is 1.77. The van der Waals surface area contributed by atoms with Gasteiger partial charge in [0, 0.05) is 11.6 Å². The predicted molar refractivity (Wildman–Crippen MR) is 44.0 cm³/mol. The quantitative estimate of drug-likeness (QED) is 0.717. The predicted octanol–water partition coefficient (Wildman–Crippen LogP) is 2.19. The minimum Gasteiger partial charge on any atom is -0.508 e. The van der Waals surface area contributed by atoms with E-state index in [4.69, 9.17) is 33.4 Å². The Hall–Kier alpha value is -0.440. The molecule has 0 aliphatic rings. The summed E-state index contributed by atoms with van der Waals surface area (Å²) >= 11 is 11.3. The smallest absolute Gasteiger partial charge is 0.117 e. The number of rotatable bonds is 1. The lowest BCUT2D eigenvalue weighted by Crippen LogP contribution is -1.84. The molecule has 2 nitrogen and oxygen atoms in total. The van der Waals surface area contributed by atoms with Crippen LogP contribution >= 0.6 is 23.2 Å². The molecule has 0 heterocycles. The lowest BCUT2D eigenvalue weighted by molar-refractivity contribution is 0.281. The summed E-state index contributed by atoms with van der Waals surface area (Å²) in [7, 11) is 0. The van der Waals surface area contributed by atoms with Crippen LogP contribution in [0.5, 0.6) is 5.75 Å². The SMILES string of the molecule is OCc1cc(O)cc(Cl)c1Cl. The maximum absolute atomic E-state index is 9.00. The number of phenolic OH excluding ortho intramolecular Hbond substituents is 1. The summed E-state index contributed by atoms with van der Waals surface area (Å²) < 4.78 is 0. The molecule has 0 spiro atoms. The summed E-state index contributed by atoms with van der Waals surface area (Å²) in [6.07, 6.45) is 0. The van der Waals surface area contributed by atoms with Crippen LogP contribution in [0.4, 0.5) is 0 Å². The van der Waals surface area contributed by atoms with Gasteiger partial charge in [0.25, 0.3) is 0 Å². The zero-order valence-corrected chi connectivity index (χ0v) is 7.02. The molecule has 1 aromatic rings. The number of hydrogen-bond donors (Lipinski definition) is 2. The van der Waals surface area contributed by atoms with E-state index in [-0.39, 0.29) is 22.4 Å². The average molecular weight is 193 g/mol. The molecule has 1 rings (SSSR count). The molecule has 2 N–H and O–H groups in total. The standard InChI is InChI=1S/C7H6Cl2O2/c8-6-2-5(11)1-4(3-10)7(6)9/h1-2,10-11H,3H2. The molecular formula is C7H6Cl2O2. The largest absolute Gasteiger partial charge is 0.508 e. The van der Waals surface area contributed by atoms with Crippen LogP contribution in [0.25, 0.3) is 0 Å². The van der Waals surface area contributed by atoms with E-state index in [0.29, 0.717) is 5.56 Å². The van der Waals surface area contributed by atoms with Crippen molar-refractivity contribution in [2.75, 3.05) is 0 Å². The van der Waals surface area contributed by atoms with E-state index in [0.717, 1.165) is 0 Å². The lowest BCUT2D eigenvalue weighted by Gasteiger charge is -2.02. The average Bonchev–Trinajstić information content (AvgIpc) is 1.96. The molecule has 11 heavy (non-hydrogen) atoms. The Morgan fingerprint density at radius 2 is 1.91 bits per heavy atom. The molecule has 0 saturated carbocycles. The first-order chi connectivity index (χ1) is 5.15. The van der Waals surface area contributed by atoms with E-state index in [9.17, 15) is 0 Å². The van der Waals surface area contributed by atoms with Gasteiger partial charge in [-0.2, -0.15) is 0 Å². The van der Waals surface area contributed by atoms with Crippen molar-refractivity contribution in [1.29, 1.82) is 0 Å². The Balaban J connectivity index is 3.24. The zero-order chi connectivity index (χ0) is 8.43. The van der Waals surface area contributed by atoms with Crippen molar-refractivity contribution in [2.24, 2.45) is 0 Å². The zero-order valence-electron chi connectivity index (χ0n) is 5.51. The summed E-state index contributed by atoms with van der Waals surface area (Å²) in [5, 5.41) is 18.2. The molecule has 1 aromatic carbocycles. The first-order valence-corrected chi connectivity index (χ1v) is 3.68. The van der Waals surface area contributed by atoms with E-state index < -0.39 is 0 Å². The number of halogens is 2. The van der Waals surface area contributed by atoms with Crippen LogP contribution in [0.2, 0.25) is 10.0 Å². The normalized spacial score (nSPS) is 10.1. The van der Waals surface area contributed by atoms with E-state index in [1.54, 1.807) is 0 Å². The molecule has 0 aliphatic heterocycles. The molecule has 0 radical (unpaired) electrons. The van der Waals surface area contributed by atoms with Gasteiger partial charge in [-0.15, -0.1) is 0 Å². The van der Waals surface area contributed by atoms with Gasteiger partial charge in [0.2, 0.25) is 0 Å². The highest BCUT2D eigenvalue weighted by Gasteiger charge is 2.05. The van der Waals surface area contributed by atoms with Crippen LogP contribution in [-0.2, 0) is 6.61 Å². The van der Waals surface area contributed by atoms with Crippen LogP contribution in [0, 0.1) is 0 Å². The van der Waals surface area contributed by atoms with Crippen molar-refractivity contribution in [2.45, 2.75) is 6.61 Å². The molecule has 60 valence electrons. The summed E-state index contributed by atoms with van der Waals surface area (Å²) in [6.45, 7) is -0.229. The fraction of sp³-hybridized carbons (Fsp3) is 0.143. The Kier molecular flexibility index (Phi) is 2.60. The first-order valence-electron chi connectivity index (χ1n) is 2.93. The van der Waals surface area contributed by atoms with Gasteiger partial charge in [-0.05, 0) is 6.07 Å². The number of benzene rings is 1. The highest BCUT2D eigenvalue weighted by Crippen LogP contribution is 2.30. The Morgan fingerprint density at radius 3 is 2.45 bits per heavy atom. The fourth-order valence-corrected chi connectivity index (χ4v) is 1.15. The maximum atomic E-state index is 9.00. The van der Waals surface area contributed by atoms with Gasteiger partial charge in [0.05, 0.1) is 16.7 Å². The number of aliphatic hydroxyl groups is 1. The highest BCUT2D eigenvalue weighted by atomic mass is 35.5. The van der Waals surface area contributed by atoms with Crippen molar-refractivity contribution in [1.82, 2.24) is 0 Å². The Bertz CT molecular complexity index is 273. The number of aliphatic hydroxyl groups excluding tert-OH is 1. The summed E-state index contributed by atoms with van der Waals surface area (Å²) in [4.78, 5) is 0. The van der Waals surface area contributed by atoms with Crippen molar-refractivity contribution in [3.8, 4) is 5.75 Å². The van der Waals surface area contributed by atoms with Crippen LogP contribution < -0.4 is 0 Å². The molecule has 0 bridgehead atoms. The van der Waals surface area contributed by atoms with E-state index >= 15 is 0 Å². The van der Waals surface area contributed by atoms with E-state index in [1.165, 1.54) is 12.1 Å². The van der Waals surface area contributed by atoms with E-state index in [2.05, 4.69) is 0 Å². The molecule has 0 unspecified atom stereocenters. The van der Waals surface area contributed by atoms with Gasteiger partial charge >= 0.3 is 0 Å². The fourth-order valence-electron chi connectivity index (χ4n) is 0.745. The lowest BCUT2D eigenvalue weighted by atomic mass is 10.2. The van der Waals surface area contributed by atoms with Crippen LogP contribution in [0.15, 0.2) is 12.1 Å². The van der Waals surface area contributed by atoms with Crippen molar-refractivity contribution in [3.05, 3.63) is 27.7 Å². The maximum Gasteiger partial charge on any atom is 0.117 e. The van der Waals surface area contributed by atoms with Crippen LogP contribution in [0.1, 0.15) is 5.56 Å². The van der Waals surface area contributed by atoms with Gasteiger partial charge in [-0.25, -0.2) is 0 Å². The van der Waals surface area contributed by atoms with Crippen molar-refractivity contribution in [3.63, 3.8) is 0 Å². The number of phenols is 1. The highest BCUT2D eigenvalue weighted by molar-refractivity contribution is 6.42. The second-order valence-corrected chi connectivity index (χ2v) is 2.84. The number of hydrogen-bond acceptors (Lipinski definition) is 2. The minimum atomic E-state index is -0.229. The molecule has 0 aliphatic carbocycles.